The van der Waals surface area contributed by atoms with Crippen LogP contribution >= 0.6 is 0 Å². The lowest BCUT2D eigenvalue weighted by atomic mass is 9.99. The molecule has 0 saturated heterocycles. The first kappa shape index (κ1) is 12.4. The van der Waals surface area contributed by atoms with Crippen molar-refractivity contribution >= 4 is 0 Å². The van der Waals surface area contributed by atoms with Crippen LogP contribution in [0.4, 0.5) is 0 Å². The molecule has 0 spiro atoms. The molecule has 3 rings (SSSR count). The van der Waals surface area contributed by atoms with E-state index < -0.39 is 0 Å². The van der Waals surface area contributed by atoms with Gasteiger partial charge in [0.25, 0.3) is 0 Å². The molecule has 100 valence electrons. The first-order valence-corrected chi connectivity index (χ1v) is 6.98. The number of fused-ring (bicyclic) bond motifs is 1. The van der Waals surface area contributed by atoms with E-state index in [0.717, 1.165) is 18.5 Å². The molecular formula is C15H20N4. The number of rotatable bonds is 3. The summed E-state index contributed by atoms with van der Waals surface area (Å²) in [5, 5.41) is 0. The van der Waals surface area contributed by atoms with Crippen LogP contribution in [0.3, 0.4) is 0 Å². The van der Waals surface area contributed by atoms with E-state index in [-0.39, 0.29) is 12.1 Å². The van der Waals surface area contributed by atoms with Crippen LogP contribution in [-0.2, 0) is 12.8 Å². The van der Waals surface area contributed by atoms with E-state index in [0.29, 0.717) is 0 Å². The fourth-order valence-corrected chi connectivity index (χ4v) is 2.95. The first-order chi connectivity index (χ1) is 9.27. The first-order valence-electron chi connectivity index (χ1n) is 6.98. The Kier molecular flexibility index (Phi) is 3.34. The predicted molar refractivity (Wildman–Crippen MR) is 74.9 cm³/mol. The molecule has 1 aliphatic rings. The largest absolute Gasteiger partial charge is 0.326 e. The number of imidazole rings is 1. The summed E-state index contributed by atoms with van der Waals surface area (Å²) in [5.41, 5.74) is 9.81. The molecule has 0 aliphatic heterocycles. The number of aryl methyl sites for hydroxylation is 1. The molecule has 4 nitrogen and oxygen atoms in total. The van der Waals surface area contributed by atoms with E-state index in [1.54, 1.807) is 0 Å². The summed E-state index contributed by atoms with van der Waals surface area (Å²) in [5.74, 6) is 0. The van der Waals surface area contributed by atoms with Crippen LogP contribution in [0.5, 0.6) is 0 Å². The summed E-state index contributed by atoms with van der Waals surface area (Å²) >= 11 is 0. The third-order valence-electron chi connectivity index (χ3n) is 3.85. The van der Waals surface area contributed by atoms with Crippen LogP contribution in [-0.4, -0.2) is 20.6 Å². The van der Waals surface area contributed by atoms with E-state index in [2.05, 4.69) is 14.5 Å². The minimum absolute atomic E-state index is 0.00938. The molecule has 2 heterocycles. The number of hydrogen-bond acceptors (Lipinski definition) is 3. The van der Waals surface area contributed by atoms with Crippen LogP contribution in [0.25, 0.3) is 0 Å². The summed E-state index contributed by atoms with van der Waals surface area (Å²) in [6, 6.07) is 6.08. The van der Waals surface area contributed by atoms with Crippen molar-refractivity contribution in [2.75, 3.05) is 0 Å². The zero-order valence-corrected chi connectivity index (χ0v) is 11.3. The topological polar surface area (TPSA) is 56.7 Å². The van der Waals surface area contributed by atoms with Crippen LogP contribution in [0, 0.1) is 0 Å². The number of nitrogens with zero attached hydrogens (tertiary/aromatic N) is 3. The maximum absolute atomic E-state index is 6.20. The second-order valence-electron chi connectivity index (χ2n) is 5.31. The third-order valence-corrected chi connectivity index (χ3v) is 3.85. The normalized spacial score (nSPS) is 17.8. The molecule has 2 aromatic rings. The molecule has 2 atom stereocenters. The smallest absolute Gasteiger partial charge is 0.0958 e. The highest BCUT2D eigenvalue weighted by molar-refractivity contribution is 5.22. The highest BCUT2D eigenvalue weighted by Gasteiger charge is 2.25. The van der Waals surface area contributed by atoms with Gasteiger partial charge in [-0.25, -0.2) is 4.98 Å². The third kappa shape index (κ3) is 2.28. The second kappa shape index (κ2) is 5.13. The van der Waals surface area contributed by atoms with Crippen molar-refractivity contribution in [1.82, 2.24) is 14.5 Å². The Bertz CT molecular complexity index is 545. The standard InChI is InChI=1S/C15H20N4/c1-11(16)15(13-7-4-5-9-17-13)19-10-18-12-6-2-3-8-14(12)19/h4-5,7,9-11,15H,2-3,6,8,16H2,1H3. The van der Waals surface area contributed by atoms with E-state index in [1.165, 1.54) is 24.2 Å². The lowest BCUT2D eigenvalue weighted by molar-refractivity contribution is 0.464. The van der Waals surface area contributed by atoms with Crippen LogP contribution < -0.4 is 5.73 Å². The average molecular weight is 256 g/mol. The highest BCUT2D eigenvalue weighted by atomic mass is 15.1. The Labute approximate surface area is 113 Å². The molecule has 0 radical (unpaired) electrons. The molecule has 2 aromatic heterocycles. The molecule has 2 N–H and O–H groups in total. The van der Waals surface area contributed by atoms with Gasteiger partial charge in [-0.3, -0.25) is 4.98 Å². The van der Waals surface area contributed by atoms with E-state index in [1.807, 2.05) is 37.6 Å². The quantitative estimate of drug-likeness (QED) is 0.915. The molecule has 2 unspecified atom stereocenters. The van der Waals surface area contributed by atoms with Crippen molar-refractivity contribution < 1.29 is 0 Å². The molecule has 0 bridgehead atoms. The van der Waals surface area contributed by atoms with Crippen LogP contribution in [0.1, 0.15) is 42.9 Å². The van der Waals surface area contributed by atoms with Gasteiger partial charge in [-0.1, -0.05) is 6.07 Å². The van der Waals surface area contributed by atoms with Crippen molar-refractivity contribution in [3.05, 3.63) is 47.8 Å². The van der Waals surface area contributed by atoms with Crippen molar-refractivity contribution in [1.29, 1.82) is 0 Å². The van der Waals surface area contributed by atoms with Gasteiger partial charge >= 0.3 is 0 Å². The summed E-state index contributed by atoms with van der Waals surface area (Å²) in [6.45, 7) is 2.04. The average Bonchev–Trinajstić information content (AvgIpc) is 2.84. The highest BCUT2D eigenvalue weighted by Crippen LogP contribution is 2.27. The van der Waals surface area contributed by atoms with Gasteiger partial charge in [0.1, 0.15) is 0 Å². The van der Waals surface area contributed by atoms with Crippen LogP contribution in [0.2, 0.25) is 0 Å². The molecule has 0 fully saturated rings. The summed E-state index contributed by atoms with van der Waals surface area (Å²) in [6.07, 6.45) is 8.46. The number of hydrogen-bond donors (Lipinski definition) is 1. The van der Waals surface area contributed by atoms with Gasteiger partial charge in [-0.05, 0) is 44.7 Å². The van der Waals surface area contributed by atoms with Crippen molar-refractivity contribution in [2.24, 2.45) is 5.73 Å². The minimum Gasteiger partial charge on any atom is -0.326 e. The van der Waals surface area contributed by atoms with Crippen molar-refractivity contribution in [3.63, 3.8) is 0 Å². The molecule has 19 heavy (non-hydrogen) atoms. The Morgan fingerprint density at radius 1 is 1.21 bits per heavy atom. The lowest BCUT2D eigenvalue weighted by Crippen LogP contribution is -2.32. The maximum Gasteiger partial charge on any atom is 0.0958 e. The molecule has 4 heteroatoms. The maximum atomic E-state index is 6.20. The molecule has 0 aromatic carbocycles. The summed E-state index contributed by atoms with van der Waals surface area (Å²) in [7, 11) is 0. The predicted octanol–water partition coefficient (Wildman–Crippen LogP) is 2.09. The van der Waals surface area contributed by atoms with Gasteiger partial charge in [0.2, 0.25) is 0 Å². The number of aromatic nitrogens is 3. The fourth-order valence-electron chi connectivity index (χ4n) is 2.95. The van der Waals surface area contributed by atoms with Gasteiger partial charge in [0, 0.05) is 17.9 Å². The number of pyridine rings is 1. The Morgan fingerprint density at radius 2 is 2.05 bits per heavy atom. The molecular weight excluding hydrogens is 236 g/mol. The zero-order valence-electron chi connectivity index (χ0n) is 11.3. The zero-order chi connectivity index (χ0) is 13.2. The van der Waals surface area contributed by atoms with Gasteiger partial charge in [-0.2, -0.15) is 0 Å². The summed E-state index contributed by atoms with van der Waals surface area (Å²) < 4.78 is 2.24. The van der Waals surface area contributed by atoms with Crippen molar-refractivity contribution in [3.8, 4) is 0 Å². The Balaban J connectivity index is 2.04. The molecule has 0 amide bonds. The minimum atomic E-state index is 0.00938. The SMILES string of the molecule is CC(N)C(c1ccccn1)n1cnc2c1CCCC2. The van der Waals surface area contributed by atoms with Gasteiger partial charge in [0.15, 0.2) is 0 Å². The molecule has 1 aliphatic carbocycles. The monoisotopic (exact) mass is 256 g/mol. The summed E-state index contributed by atoms with van der Waals surface area (Å²) in [4.78, 5) is 9.04. The van der Waals surface area contributed by atoms with E-state index in [9.17, 15) is 0 Å². The lowest BCUT2D eigenvalue weighted by Gasteiger charge is -2.25. The van der Waals surface area contributed by atoms with Gasteiger partial charge in [-0.15, -0.1) is 0 Å². The number of nitrogens with two attached hydrogens (primary N) is 1. The second-order valence-corrected chi connectivity index (χ2v) is 5.31. The van der Waals surface area contributed by atoms with Crippen molar-refractivity contribution in [2.45, 2.75) is 44.7 Å². The Hall–Kier alpha value is -1.68. The van der Waals surface area contributed by atoms with E-state index >= 15 is 0 Å². The molecule has 0 saturated carbocycles. The van der Waals surface area contributed by atoms with Gasteiger partial charge < -0.3 is 10.3 Å². The fraction of sp³-hybridized carbons (Fsp3) is 0.467. The Morgan fingerprint density at radius 3 is 2.79 bits per heavy atom. The van der Waals surface area contributed by atoms with Gasteiger partial charge in [0.05, 0.1) is 23.8 Å². The van der Waals surface area contributed by atoms with Crippen LogP contribution in [0.15, 0.2) is 30.7 Å². The van der Waals surface area contributed by atoms with E-state index in [4.69, 9.17) is 5.73 Å².